The second kappa shape index (κ2) is 5.36. The van der Waals surface area contributed by atoms with Gasteiger partial charge in [-0.15, -0.1) is 11.6 Å². The number of hydrogen-bond donors (Lipinski definition) is 0. The topological polar surface area (TPSA) is 22.0 Å². The monoisotopic (exact) mass is 227 g/mol. The summed E-state index contributed by atoms with van der Waals surface area (Å²) in [6.45, 7) is 7.16. The number of alkyl halides is 1. The SMILES string of the molecule is CCCn1c(C)cc(C(=O)CCCl)c1C. The Labute approximate surface area is 96.2 Å². The van der Waals surface area contributed by atoms with E-state index in [0.717, 1.165) is 29.9 Å². The average Bonchev–Trinajstić information content (AvgIpc) is 2.47. The highest BCUT2D eigenvalue weighted by Gasteiger charge is 2.14. The molecule has 0 unspecified atom stereocenters. The Morgan fingerprint density at radius 1 is 1.47 bits per heavy atom. The first-order valence-electron chi connectivity index (χ1n) is 5.37. The third-order valence-corrected chi connectivity index (χ3v) is 2.83. The highest BCUT2D eigenvalue weighted by molar-refractivity contribution is 6.19. The molecule has 15 heavy (non-hydrogen) atoms. The van der Waals surface area contributed by atoms with Gasteiger partial charge in [0.2, 0.25) is 0 Å². The molecule has 0 radical (unpaired) electrons. The Hall–Kier alpha value is -0.760. The van der Waals surface area contributed by atoms with E-state index in [1.54, 1.807) is 0 Å². The lowest BCUT2D eigenvalue weighted by Gasteiger charge is -2.07. The Kier molecular flexibility index (Phi) is 4.40. The lowest BCUT2D eigenvalue weighted by atomic mass is 10.1. The third-order valence-electron chi connectivity index (χ3n) is 2.64. The van der Waals surface area contributed by atoms with Crippen LogP contribution in [0.1, 0.15) is 41.5 Å². The summed E-state index contributed by atoms with van der Waals surface area (Å²) in [4.78, 5) is 11.7. The van der Waals surface area contributed by atoms with E-state index >= 15 is 0 Å². The maximum absolute atomic E-state index is 11.7. The van der Waals surface area contributed by atoms with Crippen molar-refractivity contribution in [3.63, 3.8) is 0 Å². The molecule has 0 aromatic carbocycles. The Morgan fingerprint density at radius 3 is 2.67 bits per heavy atom. The number of aromatic nitrogens is 1. The second-order valence-corrected chi connectivity index (χ2v) is 4.18. The van der Waals surface area contributed by atoms with Crippen LogP contribution in [0.3, 0.4) is 0 Å². The lowest BCUT2D eigenvalue weighted by Crippen LogP contribution is -2.05. The van der Waals surface area contributed by atoms with Gasteiger partial charge in [0.05, 0.1) is 0 Å². The van der Waals surface area contributed by atoms with E-state index in [9.17, 15) is 4.79 Å². The van der Waals surface area contributed by atoms with Crippen LogP contribution in [0.15, 0.2) is 6.07 Å². The highest BCUT2D eigenvalue weighted by atomic mass is 35.5. The van der Waals surface area contributed by atoms with Crippen molar-refractivity contribution in [2.75, 3.05) is 5.88 Å². The van der Waals surface area contributed by atoms with Gasteiger partial charge in [0.25, 0.3) is 0 Å². The van der Waals surface area contributed by atoms with Crippen LogP contribution in [-0.4, -0.2) is 16.2 Å². The van der Waals surface area contributed by atoms with Crippen molar-refractivity contribution < 1.29 is 4.79 Å². The van der Waals surface area contributed by atoms with Crippen LogP contribution < -0.4 is 0 Å². The van der Waals surface area contributed by atoms with Crippen LogP contribution >= 0.6 is 11.6 Å². The molecule has 0 aliphatic heterocycles. The van der Waals surface area contributed by atoms with Crippen molar-refractivity contribution in [3.8, 4) is 0 Å². The maximum atomic E-state index is 11.7. The number of halogens is 1. The van der Waals surface area contributed by atoms with Gasteiger partial charge in [-0.2, -0.15) is 0 Å². The van der Waals surface area contributed by atoms with Crippen molar-refractivity contribution in [2.24, 2.45) is 0 Å². The van der Waals surface area contributed by atoms with E-state index in [1.807, 2.05) is 19.9 Å². The summed E-state index contributed by atoms with van der Waals surface area (Å²) in [6, 6.07) is 1.97. The normalized spacial score (nSPS) is 10.7. The van der Waals surface area contributed by atoms with Gasteiger partial charge in [-0.3, -0.25) is 4.79 Å². The largest absolute Gasteiger partial charge is 0.348 e. The van der Waals surface area contributed by atoms with E-state index in [0.29, 0.717) is 12.3 Å². The minimum atomic E-state index is 0.153. The average molecular weight is 228 g/mol. The molecule has 0 N–H and O–H groups in total. The summed E-state index contributed by atoms with van der Waals surface area (Å²) in [6.07, 6.45) is 1.51. The summed E-state index contributed by atoms with van der Waals surface area (Å²) in [7, 11) is 0. The number of ketones is 1. The smallest absolute Gasteiger partial charge is 0.165 e. The quantitative estimate of drug-likeness (QED) is 0.559. The minimum Gasteiger partial charge on any atom is -0.348 e. The third kappa shape index (κ3) is 2.63. The summed E-state index contributed by atoms with van der Waals surface area (Å²) >= 11 is 5.58. The van der Waals surface area contributed by atoms with Gasteiger partial charge in [0.1, 0.15) is 0 Å². The summed E-state index contributed by atoms with van der Waals surface area (Å²) in [5, 5.41) is 0. The Bertz CT molecular complexity index is 355. The Balaban J connectivity index is 3.00. The first-order chi connectivity index (χ1) is 7.11. The molecule has 0 aliphatic carbocycles. The molecule has 0 atom stereocenters. The van der Waals surface area contributed by atoms with Crippen molar-refractivity contribution in [2.45, 2.75) is 40.2 Å². The van der Waals surface area contributed by atoms with Gasteiger partial charge in [-0.25, -0.2) is 0 Å². The predicted octanol–water partition coefficient (Wildman–Crippen LogP) is 3.33. The molecule has 0 spiro atoms. The molecular formula is C12H18ClNO. The molecule has 2 nitrogen and oxygen atoms in total. The van der Waals surface area contributed by atoms with E-state index < -0.39 is 0 Å². The van der Waals surface area contributed by atoms with Crippen LogP contribution in [0.2, 0.25) is 0 Å². The van der Waals surface area contributed by atoms with Gasteiger partial charge in [-0.05, 0) is 26.3 Å². The number of carbonyl (C=O) groups excluding carboxylic acids is 1. The van der Waals surface area contributed by atoms with Gasteiger partial charge < -0.3 is 4.57 Å². The molecule has 1 rings (SSSR count). The van der Waals surface area contributed by atoms with Crippen molar-refractivity contribution in [1.82, 2.24) is 4.57 Å². The number of carbonyl (C=O) groups is 1. The maximum Gasteiger partial charge on any atom is 0.165 e. The van der Waals surface area contributed by atoms with Crippen molar-refractivity contribution in [3.05, 3.63) is 23.0 Å². The molecule has 0 saturated carbocycles. The van der Waals surface area contributed by atoms with Crippen LogP contribution in [0.5, 0.6) is 0 Å². The lowest BCUT2D eigenvalue weighted by molar-refractivity contribution is 0.0988. The zero-order valence-electron chi connectivity index (χ0n) is 9.64. The molecule has 0 saturated heterocycles. The highest BCUT2D eigenvalue weighted by Crippen LogP contribution is 2.17. The molecule has 3 heteroatoms. The molecule has 0 fully saturated rings. The predicted molar refractivity (Wildman–Crippen MR) is 63.9 cm³/mol. The number of hydrogen-bond acceptors (Lipinski definition) is 1. The number of aryl methyl sites for hydroxylation is 1. The Morgan fingerprint density at radius 2 is 2.13 bits per heavy atom. The fourth-order valence-corrected chi connectivity index (χ4v) is 2.04. The first-order valence-corrected chi connectivity index (χ1v) is 5.91. The zero-order chi connectivity index (χ0) is 11.4. The van der Waals surface area contributed by atoms with Gasteiger partial charge in [-0.1, -0.05) is 6.92 Å². The van der Waals surface area contributed by atoms with Crippen LogP contribution in [0.4, 0.5) is 0 Å². The van der Waals surface area contributed by atoms with Gasteiger partial charge in [0, 0.05) is 35.8 Å². The van der Waals surface area contributed by atoms with E-state index in [1.165, 1.54) is 0 Å². The fourth-order valence-electron chi connectivity index (χ4n) is 1.87. The molecule has 1 heterocycles. The molecule has 1 aromatic heterocycles. The van der Waals surface area contributed by atoms with Crippen LogP contribution in [0.25, 0.3) is 0 Å². The van der Waals surface area contributed by atoms with Crippen LogP contribution in [-0.2, 0) is 6.54 Å². The molecule has 84 valence electrons. The van der Waals surface area contributed by atoms with Crippen molar-refractivity contribution in [1.29, 1.82) is 0 Å². The van der Waals surface area contributed by atoms with Crippen LogP contribution in [0, 0.1) is 13.8 Å². The second-order valence-electron chi connectivity index (χ2n) is 3.80. The fraction of sp³-hybridized carbons (Fsp3) is 0.583. The molecular weight excluding hydrogens is 210 g/mol. The van der Waals surface area contributed by atoms with Crippen molar-refractivity contribution >= 4 is 17.4 Å². The van der Waals surface area contributed by atoms with E-state index in [4.69, 9.17) is 11.6 Å². The summed E-state index contributed by atoms with van der Waals surface area (Å²) in [5.74, 6) is 0.552. The molecule has 0 bridgehead atoms. The standard InChI is InChI=1S/C12H18ClNO/c1-4-7-14-9(2)8-11(10(14)3)12(15)5-6-13/h8H,4-7H2,1-3H3. The summed E-state index contributed by atoms with van der Waals surface area (Å²) < 4.78 is 2.20. The van der Waals surface area contributed by atoms with Gasteiger partial charge >= 0.3 is 0 Å². The number of nitrogens with zero attached hydrogens (tertiary/aromatic N) is 1. The minimum absolute atomic E-state index is 0.153. The number of Topliss-reactive ketones (excluding diaryl/α,β-unsaturated/α-hetero) is 1. The van der Waals surface area contributed by atoms with Gasteiger partial charge in [0.15, 0.2) is 5.78 Å². The first kappa shape index (κ1) is 12.3. The van der Waals surface area contributed by atoms with E-state index in [2.05, 4.69) is 11.5 Å². The molecule has 0 aliphatic rings. The molecule has 0 amide bonds. The zero-order valence-corrected chi connectivity index (χ0v) is 10.4. The van der Waals surface area contributed by atoms with E-state index in [-0.39, 0.29) is 5.78 Å². The summed E-state index contributed by atoms with van der Waals surface area (Å²) in [5.41, 5.74) is 3.07. The number of rotatable bonds is 5. The molecule has 1 aromatic rings.